The summed E-state index contributed by atoms with van der Waals surface area (Å²) < 4.78 is 0. The second-order valence-electron chi connectivity index (χ2n) is 4.46. The van der Waals surface area contributed by atoms with E-state index in [9.17, 15) is 4.79 Å². The molecule has 80 valence electrons. The normalized spacial score (nSPS) is 16.3. The van der Waals surface area contributed by atoms with Crippen molar-refractivity contribution in [1.29, 1.82) is 0 Å². The predicted octanol–water partition coefficient (Wildman–Crippen LogP) is 2.25. The third kappa shape index (κ3) is 1.89. The van der Waals surface area contributed by atoms with Crippen LogP contribution in [0.2, 0.25) is 0 Å². The molecule has 0 atom stereocenters. The number of hydrogen-bond acceptors (Lipinski definition) is 1. The monoisotopic (exact) mass is 203 g/mol. The largest absolute Gasteiger partial charge is 0.342 e. The number of hydrogen-bond donors (Lipinski definition) is 0. The van der Waals surface area contributed by atoms with Crippen LogP contribution in [-0.4, -0.2) is 23.9 Å². The Balaban J connectivity index is 2.07. The number of amides is 1. The van der Waals surface area contributed by atoms with E-state index < -0.39 is 0 Å². The van der Waals surface area contributed by atoms with Crippen molar-refractivity contribution in [2.24, 2.45) is 0 Å². The molecule has 2 heteroatoms. The lowest BCUT2D eigenvalue weighted by Crippen LogP contribution is -2.47. The fraction of sp³-hybridized carbons (Fsp3) is 0.462. The molecule has 1 amide bonds. The van der Waals surface area contributed by atoms with Gasteiger partial charge in [0.15, 0.2) is 0 Å². The summed E-state index contributed by atoms with van der Waals surface area (Å²) in [7, 11) is 0. The van der Waals surface area contributed by atoms with Gasteiger partial charge in [0.25, 0.3) is 0 Å². The maximum absolute atomic E-state index is 11.0. The molecule has 15 heavy (non-hydrogen) atoms. The lowest BCUT2D eigenvalue weighted by molar-refractivity contribution is -0.133. The van der Waals surface area contributed by atoms with Crippen molar-refractivity contribution < 1.29 is 4.79 Å². The molecule has 1 aliphatic rings. The average molecular weight is 203 g/mol. The zero-order chi connectivity index (χ0) is 11.0. The van der Waals surface area contributed by atoms with Crippen molar-refractivity contribution >= 4 is 5.91 Å². The zero-order valence-electron chi connectivity index (χ0n) is 9.58. The Morgan fingerprint density at radius 3 is 2.47 bits per heavy atom. The van der Waals surface area contributed by atoms with Crippen molar-refractivity contribution in [3.05, 3.63) is 34.9 Å². The van der Waals surface area contributed by atoms with Gasteiger partial charge >= 0.3 is 0 Å². The van der Waals surface area contributed by atoms with Gasteiger partial charge in [0.05, 0.1) is 0 Å². The molecular weight excluding hydrogens is 186 g/mol. The van der Waals surface area contributed by atoms with Crippen molar-refractivity contribution in [3.63, 3.8) is 0 Å². The maximum Gasteiger partial charge on any atom is 0.219 e. The van der Waals surface area contributed by atoms with Crippen molar-refractivity contribution in [2.45, 2.75) is 26.7 Å². The van der Waals surface area contributed by atoms with Gasteiger partial charge < -0.3 is 4.90 Å². The van der Waals surface area contributed by atoms with Crippen LogP contribution in [0.3, 0.4) is 0 Å². The van der Waals surface area contributed by atoms with Crippen molar-refractivity contribution in [3.8, 4) is 0 Å². The topological polar surface area (TPSA) is 20.3 Å². The van der Waals surface area contributed by atoms with Gasteiger partial charge in [-0.1, -0.05) is 18.2 Å². The molecule has 0 N–H and O–H groups in total. The molecule has 1 aliphatic heterocycles. The molecule has 0 unspecified atom stereocenters. The lowest BCUT2D eigenvalue weighted by atomic mass is 9.89. The van der Waals surface area contributed by atoms with Crippen LogP contribution in [0.25, 0.3) is 0 Å². The van der Waals surface area contributed by atoms with Gasteiger partial charge in [0, 0.05) is 25.9 Å². The van der Waals surface area contributed by atoms with Crippen LogP contribution >= 0.6 is 0 Å². The Bertz CT molecular complexity index is 392. The van der Waals surface area contributed by atoms with Gasteiger partial charge in [-0.2, -0.15) is 0 Å². The number of carbonyl (C=O) groups is 1. The van der Waals surface area contributed by atoms with Crippen molar-refractivity contribution in [2.75, 3.05) is 13.1 Å². The first-order valence-corrected chi connectivity index (χ1v) is 5.40. The van der Waals surface area contributed by atoms with Crippen LogP contribution in [0.1, 0.15) is 29.5 Å². The van der Waals surface area contributed by atoms with Gasteiger partial charge in [0.2, 0.25) is 5.91 Å². The second kappa shape index (κ2) is 3.69. The summed E-state index contributed by atoms with van der Waals surface area (Å²) in [5.74, 6) is 0.739. The van der Waals surface area contributed by atoms with Gasteiger partial charge in [-0.05, 0) is 30.5 Å². The highest BCUT2D eigenvalue weighted by Gasteiger charge is 2.29. The average Bonchev–Trinajstić information content (AvgIpc) is 2.08. The third-order valence-electron chi connectivity index (χ3n) is 3.33. The maximum atomic E-state index is 11.0. The van der Waals surface area contributed by atoms with Gasteiger partial charge in [-0.15, -0.1) is 0 Å². The van der Waals surface area contributed by atoms with Crippen LogP contribution < -0.4 is 0 Å². The molecule has 0 saturated carbocycles. The van der Waals surface area contributed by atoms with Crippen LogP contribution in [0, 0.1) is 13.8 Å². The highest BCUT2D eigenvalue weighted by molar-refractivity contribution is 5.74. The van der Waals surface area contributed by atoms with Crippen molar-refractivity contribution in [1.82, 2.24) is 4.90 Å². The second-order valence-corrected chi connectivity index (χ2v) is 4.46. The Labute approximate surface area is 90.9 Å². The summed E-state index contributed by atoms with van der Waals surface area (Å²) in [6.07, 6.45) is 0. The third-order valence-corrected chi connectivity index (χ3v) is 3.33. The molecule has 2 rings (SSSR count). The van der Waals surface area contributed by atoms with E-state index in [1.807, 2.05) is 4.90 Å². The zero-order valence-corrected chi connectivity index (χ0v) is 9.58. The first kappa shape index (κ1) is 10.2. The number of nitrogens with zero attached hydrogens (tertiary/aromatic N) is 1. The molecule has 2 nitrogen and oxygen atoms in total. The summed E-state index contributed by atoms with van der Waals surface area (Å²) in [5, 5.41) is 0. The fourth-order valence-corrected chi connectivity index (χ4v) is 1.97. The van der Waals surface area contributed by atoms with E-state index in [1.165, 1.54) is 16.7 Å². The molecular formula is C13H17NO. The molecule has 0 spiro atoms. The smallest absolute Gasteiger partial charge is 0.219 e. The summed E-state index contributed by atoms with van der Waals surface area (Å²) in [4.78, 5) is 12.9. The Hall–Kier alpha value is -1.31. The lowest BCUT2D eigenvalue weighted by Gasteiger charge is -2.39. The molecule has 0 aromatic heterocycles. The van der Waals surface area contributed by atoms with Gasteiger partial charge in [-0.25, -0.2) is 0 Å². The van der Waals surface area contributed by atoms with E-state index in [0.29, 0.717) is 5.92 Å². The van der Waals surface area contributed by atoms with Gasteiger partial charge in [-0.3, -0.25) is 4.79 Å². The number of aryl methyl sites for hydroxylation is 2. The van der Waals surface area contributed by atoms with Crippen LogP contribution in [0.5, 0.6) is 0 Å². The Kier molecular flexibility index (Phi) is 2.51. The van der Waals surface area contributed by atoms with Crippen LogP contribution in [0.4, 0.5) is 0 Å². The summed E-state index contributed by atoms with van der Waals surface area (Å²) >= 11 is 0. The number of rotatable bonds is 1. The van der Waals surface area contributed by atoms with Crippen LogP contribution in [-0.2, 0) is 4.79 Å². The summed E-state index contributed by atoms with van der Waals surface area (Å²) in [6.45, 7) is 7.67. The van der Waals surface area contributed by atoms with E-state index >= 15 is 0 Å². The number of likely N-dealkylation sites (tertiary alicyclic amines) is 1. The quantitative estimate of drug-likeness (QED) is 0.685. The minimum Gasteiger partial charge on any atom is -0.342 e. The minimum atomic E-state index is 0.190. The molecule has 1 heterocycles. The minimum absolute atomic E-state index is 0.190. The van der Waals surface area contributed by atoms with E-state index in [1.54, 1.807) is 6.92 Å². The number of carbonyl (C=O) groups excluding carboxylic acids is 1. The molecule has 0 bridgehead atoms. The predicted molar refractivity (Wildman–Crippen MR) is 60.9 cm³/mol. The number of benzene rings is 1. The first-order chi connectivity index (χ1) is 7.08. The first-order valence-electron chi connectivity index (χ1n) is 5.40. The molecule has 1 aromatic rings. The summed E-state index contributed by atoms with van der Waals surface area (Å²) in [6, 6.07) is 6.60. The highest BCUT2D eigenvalue weighted by atomic mass is 16.2. The summed E-state index contributed by atoms with van der Waals surface area (Å²) in [5.41, 5.74) is 4.05. The molecule has 1 aromatic carbocycles. The van der Waals surface area contributed by atoms with E-state index in [-0.39, 0.29) is 5.91 Å². The standard InChI is InChI=1S/C13H17NO/c1-9-4-5-12(6-10(9)2)13-7-14(8-13)11(3)15/h4-6,13H,7-8H2,1-3H3. The van der Waals surface area contributed by atoms with E-state index in [0.717, 1.165) is 13.1 Å². The van der Waals surface area contributed by atoms with Gasteiger partial charge in [0.1, 0.15) is 0 Å². The Morgan fingerprint density at radius 1 is 1.27 bits per heavy atom. The Morgan fingerprint density at radius 2 is 1.93 bits per heavy atom. The van der Waals surface area contributed by atoms with Crippen LogP contribution in [0.15, 0.2) is 18.2 Å². The van der Waals surface area contributed by atoms with E-state index in [2.05, 4.69) is 32.0 Å². The molecule has 0 radical (unpaired) electrons. The SMILES string of the molecule is CC(=O)N1CC(c2ccc(C)c(C)c2)C1. The molecule has 1 saturated heterocycles. The van der Waals surface area contributed by atoms with E-state index in [4.69, 9.17) is 0 Å². The highest BCUT2D eigenvalue weighted by Crippen LogP contribution is 2.28. The fourth-order valence-electron chi connectivity index (χ4n) is 1.97. The molecule has 1 fully saturated rings. The molecule has 0 aliphatic carbocycles.